The van der Waals surface area contributed by atoms with Gasteiger partial charge in [-0.2, -0.15) is 0 Å². The van der Waals surface area contributed by atoms with Crippen LogP contribution in [-0.4, -0.2) is 24.4 Å². The topological polar surface area (TPSA) is 76.1 Å². The smallest absolute Gasteiger partial charge is 0.244 e. The molecule has 1 aromatic heterocycles. The van der Waals surface area contributed by atoms with E-state index in [0.717, 1.165) is 12.0 Å². The van der Waals surface area contributed by atoms with Crippen LogP contribution >= 0.6 is 0 Å². The fraction of sp³-hybridized carbons (Fsp3) is 0.158. The van der Waals surface area contributed by atoms with Gasteiger partial charge < -0.3 is 0 Å². The van der Waals surface area contributed by atoms with Crippen LogP contribution in [0.25, 0.3) is 0 Å². The van der Waals surface area contributed by atoms with Crippen molar-refractivity contribution >= 4 is 21.6 Å². The average Bonchev–Trinajstić information content (AvgIpc) is 2.62. The Morgan fingerprint density at radius 2 is 1.88 bits per heavy atom. The second-order valence-corrected chi connectivity index (χ2v) is 7.61. The number of carbonyl (C=O) groups excluding carboxylic acids is 1. The van der Waals surface area contributed by atoms with E-state index in [2.05, 4.69) is 9.71 Å². The first-order chi connectivity index (χ1) is 12.0. The fourth-order valence-electron chi connectivity index (χ4n) is 2.63. The molecule has 128 valence electrons. The predicted octanol–water partition coefficient (Wildman–Crippen LogP) is 3.33. The number of benzene rings is 1. The van der Waals surface area contributed by atoms with Crippen LogP contribution < -0.4 is 4.72 Å². The molecule has 6 heteroatoms. The van der Waals surface area contributed by atoms with E-state index in [0.29, 0.717) is 11.1 Å². The molecule has 0 spiro atoms. The molecule has 0 aliphatic heterocycles. The van der Waals surface area contributed by atoms with Crippen LogP contribution in [0, 0.1) is 0 Å². The second-order valence-electron chi connectivity index (χ2n) is 5.81. The molecule has 1 N–H and O–H groups in total. The Morgan fingerprint density at radius 1 is 1.12 bits per heavy atom. The van der Waals surface area contributed by atoms with Crippen LogP contribution in [0.4, 0.5) is 5.82 Å². The second kappa shape index (κ2) is 7.03. The van der Waals surface area contributed by atoms with E-state index in [4.69, 9.17) is 0 Å². The molecule has 0 radical (unpaired) electrons. The van der Waals surface area contributed by atoms with E-state index in [1.54, 1.807) is 43.3 Å². The summed E-state index contributed by atoms with van der Waals surface area (Å²) >= 11 is 0. The van der Waals surface area contributed by atoms with Crippen molar-refractivity contribution in [2.24, 2.45) is 0 Å². The van der Waals surface area contributed by atoms with Crippen LogP contribution in [0.2, 0.25) is 0 Å². The van der Waals surface area contributed by atoms with Gasteiger partial charge in [0.2, 0.25) is 10.0 Å². The standard InChI is InChI=1S/C19H18N2O3S/c1-14-7-5-6-10-17(14)25(23,24)21-18-12-11-16(13-20-18)19(22)15-8-3-2-4-9-15/h2-4,6-13,17H,5H2,1H3,(H,20,21). The molecular weight excluding hydrogens is 336 g/mol. The summed E-state index contributed by atoms with van der Waals surface area (Å²) in [5.74, 6) is 0.0351. The van der Waals surface area contributed by atoms with Crippen LogP contribution in [-0.2, 0) is 10.0 Å². The van der Waals surface area contributed by atoms with Gasteiger partial charge in [-0.1, -0.05) is 54.1 Å². The van der Waals surface area contributed by atoms with Gasteiger partial charge in [0.15, 0.2) is 5.78 Å². The molecule has 1 aliphatic rings. The highest BCUT2D eigenvalue weighted by Gasteiger charge is 2.26. The number of rotatable bonds is 5. The summed E-state index contributed by atoms with van der Waals surface area (Å²) in [6, 6.07) is 11.9. The Morgan fingerprint density at radius 3 is 2.52 bits per heavy atom. The molecule has 1 aromatic carbocycles. The van der Waals surface area contributed by atoms with E-state index >= 15 is 0 Å². The average molecular weight is 354 g/mol. The molecule has 0 fully saturated rings. The first kappa shape index (κ1) is 17.1. The minimum absolute atomic E-state index is 0.156. The zero-order chi connectivity index (χ0) is 17.9. The molecule has 1 atom stereocenters. The maximum atomic E-state index is 12.5. The molecule has 1 heterocycles. The summed E-state index contributed by atoms with van der Waals surface area (Å²) < 4.78 is 27.5. The number of aromatic nitrogens is 1. The van der Waals surface area contributed by atoms with Gasteiger partial charge in [0.25, 0.3) is 0 Å². The zero-order valence-corrected chi connectivity index (χ0v) is 14.5. The summed E-state index contributed by atoms with van der Waals surface area (Å²) in [5, 5.41) is -0.700. The lowest BCUT2D eigenvalue weighted by molar-refractivity contribution is 0.103. The molecule has 1 aliphatic carbocycles. The molecule has 3 rings (SSSR count). The van der Waals surface area contributed by atoms with Gasteiger partial charge in [0.05, 0.1) is 0 Å². The van der Waals surface area contributed by atoms with E-state index < -0.39 is 15.3 Å². The van der Waals surface area contributed by atoms with E-state index in [1.165, 1.54) is 12.3 Å². The Bertz CT molecular complexity index is 930. The van der Waals surface area contributed by atoms with E-state index in [9.17, 15) is 13.2 Å². The van der Waals surface area contributed by atoms with Crippen molar-refractivity contribution in [1.82, 2.24) is 4.98 Å². The van der Waals surface area contributed by atoms with Crippen molar-refractivity contribution in [2.45, 2.75) is 18.6 Å². The third kappa shape index (κ3) is 3.85. The first-order valence-electron chi connectivity index (χ1n) is 7.88. The highest BCUT2D eigenvalue weighted by molar-refractivity contribution is 7.93. The van der Waals surface area contributed by atoms with Gasteiger partial charge in [0, 0.05) is 17.3 Å². The van der Waals surface area contributed by atoms with Gasteiger partial charge in [0.1, 0.15) is 11.1 Å². The third-order valence-corrected chi connectivity index (χ3v) is 5.67. The largest absolute Gasteiger partial charge is 0.289 e. The minimum atomic E-state index is -3.62. The minimum Gasteiger partial charge on any atom is -0.289 e. The predicted molar refractivity (Wildman–Crippen MR) is 98.0 cm³/mol. The Kier molecular flexibility index (Phi) is 4.81. The Balaban J connectivity index is 1.77. The van der Waals surface area contributed by atoms with E-state index in [1.807, 2.05) is 18.2 Å². The normalized spacial score (nSPS) is 17.0. The number of nitrogens with one attached hydrogen (secondary N) is 1. The Labute approximate surface area is 147 Å². The van der Waals surface area contributed by atoms with Crippen molar-refractivity contribution in [2.75, 3.05) is 4.72 Å². The number of allylic oxidation sites excluding steroid dienone is 2. The molecule has 2 aromatic rings. The summed E-state index contributed by atoms with van der Waals surface area (Å²) in [5.41, 5.74) is 1.75. The highest BCUT2D eigenvalue weighted by atomic mass is 32.2. The van der Waals surface area contributed by atoms with Gasteiger partial charge in [-0.25, -0.2) is 13.4 Å². The van der Waals surface area contributed by atoms with E-state index in [-0.39, 0.29) is 11.6 Å². The summed E-state index contributed by atoms with van der Waals surface area (Å²) in [4.78, 5) is 16.4. The number of hydrogen-bond donors (Lipinski definition) is 1. The lowest BCUT2D eigenvalue weighted by Crippen LogP contribution is -2.28. The molecular formula is C19H18N2O3S. The van der Waals surface area contributed by atoms with Crippen LogP contribution in [0.5, 0.6) is 0 Å². The molecule has 5 nitrogen and oxygen atoms in total. The van der Waals surface area contributed by atoms with Crippen molar-refractivity contribution in [3.05, 3.63) is 83.6 Å². The quantitative estimate of drug-likeness (QED) is 0.660. The van der Waals surface area contributed by atoms with Crippen molar-refractivity contribution < 1.29 is 13.2 Å². The molecule has 0 amide bonds. The number of pyridine rings is 1. The van der Waals surface area contributed by atoms with Gasteiger partial charge in [-0.3, -0.25) is 9.52 Å². The lowest BCUT2D eigenvalue weighted by Gasteiger charge is -2.18. The maximum absolute atomic E-state index is 12.5. The fourth-order valence-corrected chi connectivity index (χ4v) is 4.07. The molecule has 25 heavy (non-hydrogen) atoms. The van der Waals surface area contributed by atoms with Crippen LogP contribution in [0.1, 0.15) is 29.3 Å². The highest BCUT2D eigenvalue weighted by Crippen LogP contribution is 2.21. The number of nitrogens with zero attached hydrogens (tertiary/aromatic N) is 1. The molecule has 0 saturated carbocycles. The Hall–Kier alpha value is -2.73. The summed E-state index contributed by atoms with van der Waals surface area (Å²) in [6.07, 6.45) is 7.51. The van der Waals surface area contributed by atoms with Crippen molar-refractivity contribution in [3.63, 3.8) is 0 Å². The van der Waals surface area contributed by atoms with Gasteiger partial charge >= 0.3 is 0 Å². The SMILES string of the molecule is CC1=CCC=CC1S(=O)(=O)Nc1ccc(C(=O)c2ccccc2)cn1. The number of ketones is 1. The number of carbonyl (C=O) groups is 1. The van der Waals surface area contributed by atoms with Crippen LogP contribution in [0.15, 0.2) is 72.5 Å². The zero-order valence-electron chi connectivity index (χ0n) is 13.7. The monoisotopic (exact) mass is 354 g/mol. The number of anilines is 1. The van der Waals surface area contributed by atoms with Crippen molar-refractivity contribution in [3.8, 4) is 0 Å². The first-order valence-corrected chi connectivity index (χ1v) is 9.43. The molecule has 0 saturated heterocycles. The third-order valence-electron chi connectivity index (χ3n) is 3.98. The number of sulfonamides is 1. The summed E-state index contributed by atoms with van der Waals surface area (Å²) in [6.45, 7) is 1.79. The summed E-state index contributed by atoms with van der Waals surface area (Å²) in [7, 11) is -3.62. The maximum Gasteiger partial charge on any atom is 0.244 e. The lowest BCUT2D eigenvalue weighted by atomic mass is 10.1. The van der Waals surface area contributed by atoms with Crippen molar-refractivity contribution in [1.29, 1.82) is 0 Å². The van der Waals surface area contributed by atoms with Gasteiger partial charge in [-0.05, 0) is 25.5 Å². The van der Waals surface area contributed by atoms with Gasteiger partial charge in [-0.15, -0.1) is 0 Å². The number of hydrogen-bond acceptors (Lipinski definition) is 4. The molecule has 1 unspecified atom stereocenters. The molecule has 0 bridgehead atoms. The van der Waals surface area contributed by atoms with Crippen LogP contribution in [0.3, 0.4) is 0 Å².